The molecule has 2 aromatic rings. The Kier molecular flexibility index (Phi) is 4.91. The second kappa shape index (κ2) is 6.68. The van der Waals surface area contributed by atoms with E-state index in [-0.39, 0.29) is 5.91 Å². The van der Waals surface area contributed by atoms with Gasteiger partial charge in [-0.1, -0.05) is 48.5 Å². The predicted molar refractivity (Wildman–Crippen MR) is 80.0 cm³/mol. The van der Waals surface area contributed by atoms with Gasteiger partial charge >= 0.3 is 7.60 Å². The van der Waals surface area contributed by atoms with Gasteiger partial charge in [0.1, 0.15) is 0 Å². The highest BCUT2D eigenvalue weighted by Crippen LogP contribution is 2.39. The molecule has 110 valence electrons. The standard InChI is InChI=1S/C15H16NO4P/c17-15(13-9-5-2-6-10-13)16-14(11-21(18,19)20)12-7-3-1-4-8-12/h1-10,14H,11H2,(H,16,17)(H2,18,19,20). The maximum atomic E-state index is 12.2. The van der Waals surface area contributed by atoms with Crippen LogP contribution in [0.2, 0.25) is 0 Å². The van der Waals surface area contributed by atoms with E-state index in [9.17, 15) is 19.1 Å². The average Bonchev–Trinajstić information content (AvgIpc) is 2.47. The van der Waals surface area contributed by atoms with E-state index in [1.807, 2.05) is 0 Å². The molecule has 2 rings (SSSR count). The number of hydrogen-bond donors (Lipinski definition) is 3. The third kappa shape index (κ3) is 4.83. The molecule has 0 fully saturated rings. The highest BCUT2D eigenvalue weighted by molar-refractivity contribution is 7.51. The van der Waals surface area contributed by atoms with Gasteiger partial charge in [-0.25, -0.2) is 0 Å². The minimum absolute atomic E-state index is 0.363. The zero-order valence-corrected chi connectivity index (χ0v) is 12.1. The van der Waals surface area contributed by atoms with Gasteiger partial charge in [-0.3, -0.25) is 9.36 Å². The minimum atomic E-state index is -4.25. The Balaban J connectivity index is 2.21. The zero-order chi connectivity index (χ0) is 15.3. The molecule has 21 heavy (non-hydrogen) atoms. The molecule has 2 aromatic carbocycles. The monoisotopic (exact) mass is 305 g/mol. The number of benzene rings is 2. The van der Waals surface area contributed by atoms with Gasteiger partial charge in [0.25, 0.3) is 5.91 Å². The van der Waals surface area contributed by atoms with Gasteiger partial charge in [-0.15, -0.1) is 0 Å². The molecule has 0 bridgehead atoms. The van der Waals surface area contributed by atoms with Crippen molar-refractivity contribution in [3.63, 3.8) is 0 Å². The summed E-state index contributed by atoms with van der Waals surface area (Å²) in [5, 5.41) is 2.67. The Bertz CT molecular complexity index is 639. The van der Waals surface area contributed by atoms with Crippen molar-refractivity contribution in [1.82, 2.24) is 5.32 Å². The molecule has 1 unspecified atom stereocenters. The summed E-state index contributed by atoms with van der Waals surface area (Å²) >= 11 is 0. The van der Waals surface area contributed by atoms with E-state index in [0.29, 0.717) is 11.1 Å². The van der Waals surface area contributed by atoms with Crippen LogP contribution in [0.5, 0.6) is 0 Å². The van der Waals surface area contributed by atoms with Crippen molar-refractivity contribution in [2.45, 2.75) is 6.04 Å². The first kappa shape index (κ1) is 15.4. The number of amides is 1. The van der Waals surface area contributed by atoms with Gasteiger partial charge < -0.3 is 15.1 Å². The summed E-state index contributed by atoms with van der Waals surface area (Å²) in [5.74, 6) is -0.363. The summed E-state index contributed by atoms with van der Waals surface area (Å²) in [5.41, 5.74) is 1.11. The maximum Gasteiger partial charge on any atom is 0.327 e. The fourth-order valence-electron chi connectivity index (χ4n) is 1.99. The first-order chi connectivity index (χ1) is 9.96. The van der Waals surface area contributed by atoms with Crippen molar-refractivity contribution in [2.24, 2.45) is 0 Å². The summed E-state index contributed by atoms with van der Waals surface area (Å²) in [4.78, 5) is 30.5. The zero-order valence-electron chi connectivity index (χ0n) is 11.2. The molecular formula is C15H16NO4P. The molecule has 1 atom stereocenters. The van der Waals surface area contributed by atoms with E-state index in [0.717, 1.165) is 0 Å². The Labute approximate surface area is 122 Å². The normalized spacial score (nSPS) is 12.7. The van der Waals surface area contributed by atoms with Gasteiger partial charge in [0.15, 0.2) is 0 Å². The fraction of sp³-hybridized carbons (Fsp3) is 0.133. The van der Waals surface area contributed by atoms with Crippen LogP contribution in [0.1, 0.15) is 22.0 Å². The topological polar surface area (TPSA) is 86.6 Å². The molecule has 0 saturated heterocycles. The van der Waals surface area contributed by atoms with Crippen LogP contribution in [0.3, 0.4) is 0 Å². The van der Waals surface area contributed by atoms with Gasteiger partial charge in [0.05, 0.1) is 12.2 Å². The maximum absolute atomic E-state index is 12.2. The van der Waals surface area contributed by atoms with Gasteiger partial charge in [0, 0.05) is 5.56 Å². The fourth-order valence-corrected chi connectivity index (χ4v) is 2.77. The molecule has 5 nitrogen and oxygen atoms in total. The molecule has 0 radical (unpaired) electrons. The van der Waals surface area contributed by atoms with E-state index in [2.05, 4.69) is 5.32 Å². The average molecular weight is 305 g/mol. The van der Waals surface area contributed by atoms with Crippen molar-refractivity contribution < 1.29 is 19.1 Å². The molecular weight excluding hydrogens is 289 g/mol. The summed E-state index contributed by atoms with van der Waals surface area (Å²) in [6.07, 6.45) is -0.435. The number of rotatable bonds is 5. The lowest BCUT2D eigenvalue weighted by atomic mass is 10.1. The van der Waals surface area contributed by atoms with Crippen LogP contribution >= 0.6 is 7.60 Å². The molecule has 0 saturated carbocycles. The van der Waals surface area contributed by atoms with Crippen LogP contribution in [0.25, 0.3) is 0 Å². The predicted octanol–water partition coefficient (Wildman–Crippen LogP) is 2.34. The van der Waals surface area contributed by atoms with Gasteiger partial charge in [-0.2, -0.15) is 0 Å². The quantitative estimate of drug-likeness (QED) is 0.740. The number of nitrogens with one attached hydrogen (secondary N) is 1. The van der Waals surface area contributed by atoms with E-state index < -0.39 is 19.8 Å². The third-order valence-electron chi connectivity index (χ3n) is 2.96. The van der Waals surface area contributed by atoms with Crippen molar-refractivity contribution in [3.8, 4) is 0 Å². The third-order valence-corrected chi connectivity index (χ3v) is 3.80. The number of hydrogen-bond acceptors (Lipinski definition) is 2. The SMILES string of the molecule is O=C(NC(CP(=O)(O)O)c1ccccc1)c1ccccc1. The molecule has 0 aliphatic heterocycles. The molecule has 3 N–H and O–H groups in total. The first-order valence-electron chi connectivity index (χ1n) is 6.41. The largest absolute Gasteiger partial charge is 0.345 e. The van der Waals surface area contributed by atoms with Crippen molar-refractivity contribution in [3.05, 3.63) is 71.8 Å². The van der Waals surface area contributed by atoms with Crippen LogP contribution in [0.4, 0.5) is 0 Å². The Hall–Kier alpha value is -1.94. The van der Waals surface area contributed by atoms with Crippen LogP contribution in [0.15, 0.2) is 60.7 Å². The molecule has 0 aromatic heterocycles. The smallest absolute Gasteiger partial charge is 0.327 e. The second-order valence-electron chi connectivity index (χ2n) is 4.65. The highest BCUT2D eigenvalue weighted by atomic mass is 31.2. The van der Waals surface area contributed by atoms with E-state index in [4.69, 9.17) is 0 Å². The van der Waals surface area contributed by atoms with Gasteiger partial charge in [-0.05, 0) is 17.7 Å². The number of carbonyl (C=O) groups is 1. The van der Waals surface area contributed by atoms with Crippen LogP contribution in [0, 0.1) is 0 Å². The first-order valence-corrected chi connectivity index (χ1v) is 8.21. The summed E-state index contributed by atoms with van der Waals surface area (Å²) < 4.78 is 11.3. The molecule has 0 heterocycles. The Morgan fingerprint density at radius 1 is 1.00 bits per heavy atom. The highest BCUT2D eigenvalue weighted by Gasteiger charge is 2.24. The van der Waals surface area contributed by atoms with Crippen molar-refractivity contribution in [1.29, 1.82) is 0 Å². The van der Waals surface area contributed by atoms with Gasteiger partial charge in [0.2, 0.25) is 0 Å². The summed E-state index contributed by atoms with van der Waals surface area (Å²) in [6, 6.07) is 16.6. The van der Waals surface area contributed by atoms with Crippen LogP contribution < -0.4 is 5.32 Å². The lowest BCUT2D eigenvalue weighted by Gasteiger charge is -2.19. The van der Waals surface area contributed by atoms with Crippen LogP contribution in [-0.4, -0.2) is 21.9 Å². The molecule has 0 aliphatic rings. The minimum Gasteiger partial charge on any atom is -0.345 e. The Morgan fingerprint density at radius 2 is 1.52 bits per heavy atom. The van der Waals surface area contributed by atoms with E-state index in [1.165, 1.54) is 0 Å². The molecule has 1 amide bonds. The van der Waals surface area contributed by atoms with E-state index >= 15 is 0 Å². The molecule has 6 heteroatoms. The van der Waals surface area contributed by atoms with E-state index in [1.54, 1.807) is 60.7 Å². The van der Waals surface area contributed by atoms with Crippen LogP contribution in [-0.2, 0) is 4.57 Å². The lowest BCUT2D eigenvalue weighted by Crippen LogP contribution is -2.30. The summed E-state index contributed by atoms with van der Waals surface area (Å²) in [6.45, 7) is 0. The molecule has 0 spiro atoms. The second-order valence-corrected chi connectivity index (χ2v) is 6.34. The molecule has 0 aliphatic carbocycles. The van der Waals surface area contributed by atoms with Crippen molar-refractivity contribution in [2.75, 3.05) is 6.16 Å². The lowest BCUT2D eigenvalue weighted by molar-refractivity contribution is 0.0940. The van der Waals surface area contributed by atoms with Crippen molar-refractivity contribution >= 4 is 13.5 Å². The number of carbonyl (C=O) groups excluding carboxylic acids is 1. The Morgan fingerprint density at radius 3 is 2.05 bits per heavy atom. The summed E-state index contributed by atoms with van der Waals surface area (Å²) in [7, 11) is -4.25.